The van der Waals surface area contributed by atoms with E-state index >= 15 is 0 Å². The highest BCUT2D eigenvalue weighted by molar-refractivity contribution is 5.77. The number of amides is 1. The lowest BCUT2D eigenvalue weighted by atomic mass is 10.3. The van der Waals surface area contributed by atoms with E-state index in [1.54, 1.807) is 0 Å². The normalized spacial score (nSPS) is 12.9. The molecule has 0 aromatic heterocycles. The van der Waals surface area contributed by atoms with Gasteiger partial charge in [-0.05, 0) is 26.9 Å². The Balaban J connectivity index is 3.71. The minimum Gasteiger partial charge on any atom is -0.372 e. The van der Waals surface area contributed by atoms with Gasteiger partial charge < -0.3 is 15.0 Å². The zero-order valence-corrected chi connectivity index (χ0v) is 10.4. The van der Waals surface area contributed by atoms with E-state index in [2.05, 4.69) is 24.1 Å². The third-order valence-electron chi connectivity index (χ3n) is 2.27. The molecule has 1 unspecified atom stereocenters. The van der Waals surface area contributed by atoms with Crippen LogP contribution in [0.2, 0.25) is 0 Å². The number of nitrogens with one attached hydrogen (secondary N) is 1. The largest absolute Gasteiger partial charge is 0.372 e. The maximum absolute atomic E-state index is 11.3. The predicted octanol–water partition coefficient (Wildman–Crippen LogP) is 0.869. The molecule has 0 saturated carbocycles. The fourth-order valence-corrected chi connectivity index (χ4v) is 1.43. The van der Waals surface area contributed by atoms with Gasteiger partial charge in [0.25, 0.3) is 0 Å². The van der Waals surface area contributed by atoms with E-state index in [0.717, 1.165) is 19.6 Å². The van der Waals surface area contributed by atoms with Crippen molar-refractivity contribution in [1.82, 2.24) is 10.2 Å². The van der Waals surface area contributed by atoms with E-state index in [1.165, 1.54) is 0 Å². The molecule has 0 rings (SSSR count). The van der Waals surface area contributed by atoms with Crippen molar-refractivity contribution in [1.29, 1.82) is 0 Å². The Morgan fingerprint density at radius 2 is 1.93 bits per heavy atom. The van der Waals surface area contributed by atoms with E-state index < -0.39 is 0 Å². The molecular weight excluding hydrogens is 192 g/mol. The van der Waals surface area contributed by atoms with E-state index in [0.29, 0.717) is 6.61 Å². The van der Waals surface area contributed by atoms with Gasteiger partial charge in [-0.25, -0.2) is 0 Å². The number of carbonyl (C=O) groups excluding carboxylic acids is 1. The monoisotopic (exact) mass is 216 g/mol. The van der Waals surface area contributed by atoms with Crippen molar-refractivity contribution in [2.45, 2.75) is 33.7 Å². The number of hydrogen-bond acceptors (Lipinski definition) is 3. The highest BCUT2D eigenvalue weighted by Crippen LogP contribution is 1.91. The minimum atomic E-state index is -0.0310. The van der Waals surface area contributed by atoms with Crippen LogP contribution < -0.4 is 5.32 Å². The average molecular weight is 216 g/mol. The van der Waals surface area contributed by atoms with E-state index in [-0.39, 0.29) is 18.6 Å². The SMILES string of the molecule is CCOCC(=O)NC(C)CN(CC)CC. The summed E-state index contributed by atoms with van der Waals surface area (Å²) in [5.74, 6) is -0.0310. The van der Waals surface area contributed by atoms with Gasteiger partial charge in [-0.15, -0.1) is 0 Å². The van der Waals surface area contributed by atoms with Gasteiger partial charge in [0.1, 0.15) is 6.61 Å². The highest BCUT2D eigenvalue weighted by Gasteiger charge is 2.09. The number of nitrogens with zero attached hydrogens (tertiary/aromatic N) is 1. The van der Waals surface area contributed by atoms with Crippen molar-refractivity contribution in [3.05, 3.63) is 0 Å². The average Bonchev–Trinajstić information content (AvgIpc) is 2.22. The number of ether oxygens (including phenoxy) is 1. The molecule has 1 amide bonds. The zero-order valence-electron chi connectivity index (χ0n) is 10.4. The van der Waals surface area contributed by atoms with Crippen molar-refractivity contribution < 1.29 is 9.53 Å². The lowest BCUT2D eigenvalue weighted by Crippen LogP contribution is -2.43. The zero-order chi connectivity index (χ0) is 11.7. The molecule has 90 valence electrons. The van der Waals surface area contributed by atoms with Crippen LogP contribution in [0, 0.1) is 0 Å². The Bertz CT molecular complexity index is 170. The van der Waals surface area contributed by atoms with E-state index in [9.17, 15) is 4.79 Å². The van der Waals surface area contributed by atoms with Gasteiger partial charge >= 0.3 is 0 Å². The van der Waals surface area contributed by atoms with Gasteiger partial charge in [0.05, 0.1) is 0 Å². The van der Waals surface area contributed by atoms with E-state index in [4.69, 9.17) is 4.74 Å². The van der Waals surface area contributed by atoms with Crippen LogP contribution in [0.4, 0.5) is 0 Å². The molecule has 0 aromatic carbocycles. The molecule has 0 aliphatic heterocycles. The second kappa shape index (κ2) is 8.68. The molecule has 0 saturated heterocycles. The third-order valence-corrected chi connectivity index (χ3v) is 2.27. The summed E-state index contributed by atoms with van der Waals surface area (Å²) in [4.78, 5) is 13.6. The molecule has 0 aliphatic carbocycles. The van der Waals surface area contributed by atoms with Crippen LogP contribution in [0.3, 0.4) is 0 Å². The molecule has 1 N–H and O–H groups in total. The second-order valence-electron chi connectivity index (χ2n) is 3.59. The van der Waals surface area contributed by atoms with Gasteiger partial charge in [0.15, 0.2) is 0 Å². The molecular formula is C11H24N2O2. The molecule has 0 radical (unpaired) electrons. The Hall–Kier alpha value is -0.610. The van der Waals surface area contributed by atoms with Crippen LogP contribution in [0.5, 0.6) is 0 Å². The topological polar surface area (TPSA) is 41.6 Å². The maximum Gasteiger partial charge on any atom is 0.246 e. The fraction of sp³-hybridized carbons (Fsp3) is 0.909. The Kier molecular flexibility index (Phi) is 8.33. The van der Waals surface area contributed by atoms with Crippen molar-refractivity contribution in [3.8, 4) is 0 Å². The summed E-state index contributed by atoms with van der Waals surface area (Å²) in [5, 5.41) is 2.91. The van der Waals surface area contributed by atoms with Crippen LogP contribution in [-0.4, -0.2) is 49.7 Å². The molecule has 4 nitrogen and oxygen atoms in total. The Labute approximate surface area is 93.0 Å². The van der Waals surface area contributed by atoms with Crippen molar-refractivity contribution >= 4 is 5.91 Å². The number of hydrogen-bond donors (Lipinski definition) is 1. The fourth-order valence-electron chi connectivity index (χ4n) is 1.43. The number of likely N-dealkylation sites (N-methyl/N-ethyl adjacent to an activating group) is 1. The summed E-state index contributed by atoms with van der Waals surface area (Å²) in [6, 6.07) is 0.179. The van der Waals surface area contributed by atoms with Gasteiger partial charge in [-0.1, -0.05) is 13.8 Å². The molecule has 0 aliphatic rings. The molecule has 0 fully saturated rings. The first-order valence-electron chi connectivity index (χ1n) is 5.73. The molecule has 4 heteroatoms. The van der Waals surface area contributed by atoms with Crippen molar-refractivity contribution in [2.75, 3.05) is 32.8 Å². The second-order valence-corrected chi connectivity index (χ2v) is 3.59. The van der Waals surface area contributed by atoms with Gasteiger partial charge in [0, 0.05) is 19.2 Å². The molecule has 0 aromatic rings. The first-order valence-corrected chi connectivity index (χ1v) is 5.73. The quantitative estimate of drug-likeness (QED) is 0.654. The highest BCUT2D eigenvalue weighted by atomic mass is 16.5. The Morgan fingerprint density at radius 3 is 2.40 bits per heavy atom. The van der Waals surface area contributed by atoms with Crippen molar-refractivity contribution in [2.24, 2.45) is 0 Å². The molecule has 0 bridgehead atoms. The molecule has 0 spiro atoms. The standard InChI is InChI=1S/C11H24N2O2/c1-5-13(6-2)8-10(4)12-11(14)9-15-7-3/h10H,5-9H2,1-4H3,(H,12,14). The van der Waals surface area contributed by atoms with Crippen LogP contribution in [-0.2, 0) is 9.53 Å². The summed E-state index contributed by atoms with van der Waals surface area (Å²) in [5.41, 5.74) is 0. The van der Waals surface area contributed by atoms with Crippen LogP contribution in [0.1, 0.15) is 27.7 Å². The molecule has 1 atom stereocenters. The van der Waals surface area contributed by atoms with Gasteiger partial charge in [-0.2, -0.15) is 0 Å². The van der Waals surface area contributed by atoms with Crippen LogP contribution >= 0.6 is 0 Å². The van der Waals surface area contributed by atoms with Crippen LogP contribution in [0.15, 0.2) is 0 Å². The summed E-state index contributed by atoms with van der Waals surface area (Å²) in [6.45, 7) is 11.8. The lowest BCUT2D eigenvalue weighted by molar-refractivity contribution is -0.126. The first-order chi connectivity index (χ1) is 7.13. The maximum atomic E-state index is 11.3. The Morgan fingerprint density at radius 1 is 1.33 bits per heavy atom. The number of carbonyl (C=O) groups is 1. The smallest absolute Gasteiger partial charge is 0.246 e. The molecule has 15 heavy (non-hydrogen) atoms. The first kappa shape index (κ1) is 14.4. The summed E-state index contributed by atoms with van der Waals surface area (Å²) >= 11 is 0. The summed E-state index contributed by atoms with van der Waals surface area (Å²) in [7, 11) is 0. The lowest BCUT2D eigenvalue weighted by Gasteiger charge is -2.23. The molecule has 0 heterocycles. The van der Waals surface area contributed by atoms with Crippen LogP contribution in [0.25, 0.3) is 0 Å². The predicted molar refractivity (Wildman–Crippen MR) is 61.9 cm³/mol. The van der Waals surface area contributed by atoms with E-state index in [1.807, 2.05) is 13.8 Å². The van der Waals surface area contributed by atoms with Crippen molar-refractivity contribution in [3.63, 3.8) is 0 Å². The third kappa shape index (κ3) is 7.33. The van der Waals surface area contributed by atoms with Gasteiger partial charge in [-0.3, -0.25) is 4.79 Å². The van der Waals surface area contributed by atoms with Gasteiger partial charge in [0.2, 0.25) is 5.91 Å². The summed E-state index contributed by atoms with van der Waals surface area (Å²) < 4.78 is 5.03. The summed E-state index contributed by atoms with van der Waals surface area (Å²) in [6.07, 6.45) is 0. The minimum absolute atomic E-state index is 0.0310. The number of rotatable bonds is 8.